The van der Waals surface area contributed by atoms with Crippen LogP contribution >= 0.6 is 0 Å². The van der Waals surface area contributed by atoms with E-state index < -0.39 is 12.0 Å². The minimum atomic E-state index is -2.91. The second-order valence-electron chi connectivity index (χ2n) is 4.58. The maximum atomic E-state index is 12.1. The molecule has 0 aliphatic rings. The molecule has 1 aromatic rings. The number of alkyl halides is 2. The Hall–Kier alpha value is -1.65. The maximum absolute atomic E-state index is 12.1. The van der Waals surface area contributed by atoms with Crippen LogP contribution in [0.1, 0.15) is 20.8 Å². The van der Waals surface area contributed by atoms with Crippen LogP contribution in [0.5, 0.6) is 5.75 Å². The van der Waals surface area contributed by atoms with E-state index in [0.717, 1.165) is 0 Å². The Morgan fingerprint density at radius 2 is 1.88 bits per heavy atom. The predicted molar refractivity (Wildman–Crippen MR) is 61.2 cm³/mol. The highest BCUT2D eigenvalue weighted by molar-refractivity contribution is 5.95. The Morgan fingerprint density at radius 1 is 1.29 bits per heavy atom. The Morgan fingerprint density at radius 3 is 2.41 bits per heavy atom. The number of hydrogen-bond acceptors (Lipinski definition) is 2. The van der Waals surface area contributed by atoms with E-state index in [9.17, 15) is 13.6 Å². The number of nitrogens with one attached hydrogen (secondary N) is 1. The van der Waals surface area contributed by atoms with Gasteiger partial charge >= 0.3 is 6.61 Å². The van der Waals surface area contributed by atoms with Crippen molar-refractivity contribution < 1.29 is 18.3 Å². The van der Waals surface area contributed by atoms with E-state index in [2.05, 4.69) is 10.1 Å². The molecule has 1 aromatic carbocycles. The van der Waals surface area contributed by atoms with Crippen LogP contribution in [-0.2, 0) is 4.79 Å². The van der Waals surface area contributed by atoms with E-state index in [1.807, 2.05) is 0 Å². The fourth-order valence-corrected chi connectivity index (χ4v) is 1.08. The first kappa shape index (κ1) is 13.4. The van der Waals surface area contributed by atoms with Crippen LogP contribution in [0.15, 0.2) is 24.3 Å². The quantitative estimate of drug-likeness (QED) is 0.884. The third kappa shape index (κ3) is 4.01. The van der Waals surface area contributed by atoms with Gasteiger partial charge in [0.15, 0.2) is 0 Å². The van der Waals surface area contributed by atoms with Gasteiger partial charge in [0.1, 0.15) is 5.75 Å². The maximum Gasteiger partial charge on any atom is 0.387 e. The topological polar surface area (TPSA) is 38.3 Å². The van der Waals surface area contributed by atoms with Gasteiger partial charge in [-0.15, -0.1) is 0 Å². The number of benzene rings is 1. The van der Waals surface area contributed by atoms with Gasteiger partial charge in [0, 0.05) is 5.41 Å². The Kier molecular flexibility index (Phi) is 4.04. The van der Waals surface area contributed by atoms with E-state index >= 15 is 0 Å². The summed E-state index contributed by atoms with van der Waals surface area (Å²) < 4.78 is 28.6. The van der Waals surface area contributed by atoms with Crippen molar-refractivity contribution in [1.29, 1.82) is 0 Å². The van der Waals surface area contributed by atoms with Gasteiger partial charge in [-0.25, -0.2) is 0 Å². The largest absolute Gasteiger partial charge is 0.433 e. The fourth-order valence-electron chi connectivity index (χ4n) is 1.08. The highest BCUT2D eigenvalue weighted by Gasteiger charge is 2.22. The summed E-state index contributed by atoms with van der Waals surface area (Å²) in [6.45, 7) is 2.29. The monoisotopic (exact) mass is 243 g/mol. The number of para-hydroxylation sites is 2. The first-order valence-electron chi connectivity index (χ1n) is 5.16. The summed E-state index contributed by atoms with van der Waals surface area (Å²) in [7, 11) is 0. The summed E-state index contributed by atoms with van der Waals surface area (Å²) in [5, 5.41) is 2.56. The molecule has 1 rings (SSSR count). The van der Waals surface area contributed by atoms with Crippen molar-refractivity contribution in [2.24, 2.45) is 5.41 Å². The smallest absolute Gasteiger partial charge is 0.387 e. The molecule has 0 aliphatic heterocycles. The molecular formula is C12H15F2NO2. The molecule has 0 heterocycles. The number of carbonyl (C=O) groups is 1. The van der Waals surface area contributed by atoms with Gasteiger partial charge in [-0.05, 0) is 12.1 Å². The summed E-state index contributed by atoms with van der Waals surface area (Å²) in [6, 6.07) is 6.09. The van der Waals surface area contributed by atoms with Crippen LogP contribution in [0, 0.1) is 5.41 Å². The number of rotatable bonds is 3. The molecule has 1 amide bonds. The van der Waals surface area contributed by atoms with Crippen LogP contribution in [-0.4, -0.2) is 12.5 Å². The zero-order valence-electron chi connectivity index (χ0n) is 9.96. The second-order valence-corrected chi connectivity index (χ2v) is 4.58. The number of carbonyl (C=O) groups excluding carboxylic acids is 1. The van der Waals surface area contributed by atoms with Gasteiger partial charge in [-0.2, -0.15) is 8.78 Å². The van der Waals surface area contributed by atoms with Gasteiger partial charge < -0.3 is 10.1 Å². The van der Waals surface area contributed by atoms with Gasteiger partial charge in [0.25, 0.3) is 0 Å². The molecule has 0 atom stereocenters. The first-order valence-corrected chi connectivity index (χ1v) is 5.16. The normalized spacial score (nSPS) is 11.4. The molecule has 0 radical (unpaired) electrons. The number of hydrogen-bond donors (Lipinski definition) is 1. The summed E-state index contributed by atoms with van der Waals surface area (Å²) in [6.07, 6.45) is 0. The minimum absolute atomic E-state index is 0.0416. The molecule has 0 fully saturated rings. The highest BCUT2D eigenvalue weighted by Crippen LogP contribution is 2.27. The highest BCUT2D eigenvalue weighted by atomic mass is 19.3. The summed E-state index contributed by atoms with van der Waals surface area (Å²) in [5.74, 6) is -0.303. The van der Waals surface area contributed by atoms with Crippen molar-refractivity contribution in [3.63, 3.8) is 0 Å². The average Bonchev–Trinajstić information content (AvgIpc) is 2.18. The Bertz CT molecular complexity index is 400. The second kappa shape index (κ2) is 5.12. The van der Waals surface area contributed by atoms with Crippen LogP contribution in [0.3, 0.4) is 0 Å². The molecule has 3 nitrogen and oxygen atoms in total. The predicted octanol–water partition coefficient (Wildman–Crippen LogP) is 3.27. The lowest BCUT2D eigenvalue weighted by Gasteiger charge is -2.19. The summed E-state index contributed by atoms with van der Waals surface area (Å²) >= 11 is 0. The number of amides is 1. The van der Waals surface area contributed by atoms with Gasteiger partial charge in [0.05, 0.1) is 5.69 Å². The number of ether oxygens (including phenoxy) is 1. The third-order valence-corrected chi connectivity index (χ3v) is 2.03. The van der Waals surface area contributed by atoms with Crippen molar-refractivity contribution in [2.45, 2.75) is 27.4 Å². The molecule has 0 unspecified atom stereocenters. The minimum Gasteiger partial charge on any atom is -0.433 e. The molecule has 0 bridgehead atoms. The molecule has 0 spiro atoms. The van der Waals surface area contributed by atoms with Gasteiger partial charge in [-0.1, -0.05) is 32.9 Å². The van der Waals surface area contributed by atoms with E-state index in [1.165, 1.54) is 12.1 Å². The van der Waals surface area contributed by atoms with E-state index in [1.54, 1.807) is 32.9 Å². The average molecular weight is 243 g/mol. The fraction of sp³-hybridized carbons (Fsp3) is 0.417. The molecule has 0 aliphatic carbocycles. The number of anilines is 1. The molecule has 5 heteroatoms. The summed E-state index contributed by atoms with van der Waals surface area (Å²) in [4.78, 5) is 11.7. The lowest BCUT2D eigenvalue weighted by Crippen LogP contribution is -2.27. The van der Waals surface area contributed by atoms with E-state index in [0.29, 0.717) is 0 Å². The Labute approximate surface area is 98.8 Å². The standard InChI is InChI=1S/C12H15F2NO2/c1-12(2,3)10(16)15-8-6-4-5-7-9(8)17-11(13)14/h4-7,11H,1-3H3,(H,15,16). The van der Waals surface area contributed by atoms with E-state index in [4.69, 9.17) is 0 Å². The van der Waals surface area contributed by atoms with Crippen molar-refractivity contribution in [2.75, 3.05) is 5.32 Å². The molecule has 0 aromatic heterocycles. The van der Waals surface area contributed by atoms with Crippen molar-refractivity contribution in [3.8, 4) is 5.75 Å². The van der Waals surface area contributed by atoms with Crippen LogP contribution in [0.25, 0.3) is 0 Å². The zero-order chi connectivity index (χ0) is 13.1. The zero-order valence-corrected chi connectivity index (χ0v) is 9.96. The molecule has 0 saturated heterocycles. The van der Waals surface area contributed by atoms with Crippen LogP contribution < -0.4 is 10.1 Å². The van der Waals surface area contributed by atoms with Crippen LogP contribution in [0.2, 0.25) is 0 Å². The third-order valence-electron chi connectivity index (χ3n) is 2.03. The lowest BCUT2D eigenvalue weighted by molar-refractivity contribution is -0.123. The van der Waals surface area contributed by atoms with Crippen LogP contribution in [0.4, 0.5) is 14.5 Å². The van der Waals surface area contributed by atoms with Crippen molar-refractivity contribution in [1.82, 2.24) is 0 Å². The SMILES string of the molecule is CC(C)(C)C(=O)Nc1ccccc1OC(F)F. The van der Waals surface area contributed by atoms with Crippen molar-refractivity contribution in [3.05, 3.63) is 24.3 Å². The molecule has 0 saturated carbocycles. The lowest BCUT2D eigenvalue weighted by atomic mass is 9.95. The summed E-state index contributed by atoms with van der Waals surface area (Å²) in [5.41, 5.74) is -0.356. The first-order chi connectivity index (χ1) is 7.80. The Balaban J connectivity index is 2.87. The number of halogens is 2. The molecule has 17 heavy (non-hydrogen) atoms. The molecular weight excluding hydrogens is 228 g/mol. The van der Waals surface area contributed by atoms with Crippen molar-refractivity contribution >= 4 is 11.6 Å². The van der Waals surface area contributed by atoms with Gasteiger partial charge in [-0.3, -0.25) is 4.79 Å². The molecule has 1 N–H and O–H groups in total. The van der Waals surface area contributed by atoms with Gasteiger partial charge in [0.2, 0.25) is 5.91 Å². The van der Waals surface area contributed by atoms with E-state index in [-0.39, 0.29) is 17.3 Å². The molecule has 94 valence electrons.